The topological polar surface area (TPSA) is 63.8 Å². The van der Waals surface area contributed by atoms with Crippen molar-refractivity contribution in [2.45, 2.75) is 0 Å². The molecule has 0 spiro atoms. The van der Waals surface area contributed by atoms with E-state index in [0.717, 1.165) is 25.5 Å². The first-order valence-electron chi connectivity index (χ1n) is 5.86. The molecule has 0 aliphatic rings. The Morgan fingerprint density at radius 1 is 1.00 bits per heavy atom. The number of hydrogen-bond donors (Lipinski definition) is 2. The zero-order chi connectivity index (χ0) is 14.1. The Bertz CT molecular complexity index is 789. The van der Waals surface area contributed by atoms with Crippen LogP contribution in [0.3, 0.4) is 0 Å². The Kier molecular flexibility index (Phi) is 3.58. The second kappa shape index (κ2) is 5.38. The van der Waals surface area contributed by atoms with Gasteiger partial charge >= 0.3 is 0 Å². The van der Waals surface area contributed by atoms with Gasteiger partial charge in [0.15, 0.2) is 5.82 Å². The third kappa shape index (κ3) is 2.62. The molecule has 0 radical (unpaired) electrons. The zero-order valence-corrected chi connectivity index (χ0v) is 13.4. The highest BCUT2D eigenvalue weighted by Crippen LogP contribution is 2.28. The van der Waals surface area contributed by atoms with E-state index in [1.807, 2.05) is 30.3 Å². The number of para-hydroxylation sites is 1. The second-order valence-electron chi connectivity index (χ2n) is 4.25. The number of pyridine rings is 2. The van der Waals surface area contributed by atoms with Gasteiger partial charge < -0.3 is 11.1 Å². The monoisotopic (exact) mass is 392 g/mol. The molecule has 0 aliphatic carbocycles. The molecule has 100 valence electrons. The van der Waals surface area contributed by atoms with E-state index in [0.29, 0.717) is 11.5 Å². The van der Waals surface area contributed by atoms with Gasteiger partial charge in [-0.15, -0.1) is 0 Å². The van der Waals surface area contributed by atoms with E-state index < -0.39 is 0 Å². The highest BCUT2D eigenvalue weighted by Gasteiger charge is 2.06. The van der Waals surface area contributed by atoms with Crippen LogP contribution in [0.15, 0.2) is 51.7 Å². The fourth-order valence-electron chi connectivity index (χ4n) is 1.92. The van der Waals surface area contributed by atoms with Gasteiger partial charge in [0.2, 0.25) is 0 Å². The summed E-state index contributed by atoms with van der Waals surface area (Å²) in [5.74, 6) is 0.616. The highest BCUT2D eigenvalue weighted by atomic mass is 79.9. The quantitative estimate of drug-likeness (QED) is 0.673. The number of nitrogens with two attached hydrogens (primary N) is 1. The summed E-state index contributed by atoms with van der Waals surface area (Å²) in [5, 5.41) is 4.27. The van der Waals surface area contributed by atoms with Gasteiger partial charge in [0, 0.05) is 26.7 Å². The molecule has 0 unspecified atom stereocenters. The average molecular weight is 394 g/mol. The van der Waals surface area contributed by atoms with E-state index in [2.05, 4.69) is 47.1 Å². The van der Waals surface area contributed by atoms with Crippen LogP contribution in [0.1, 0.15) is 0 Å². The van der Waals surface area contributed by atoms with E-state index in [-0.39, 0.29) is 0 Å². The number of hydrogen-bond acceptors (Lipinski definition) is 4. The van der Waals surface area contributed by atoms with Crippen molar-refractivity contribution < 1.29 is 0 Å². The summed E-state index contributed by atoms with van der Waals surface area (Å²) < 4.78 is 1.80. The number of nitrogens with zero attached hydrogens (tertiary/aromatic N) is 2. The molecule has 2 aromatic heterocycles. The van der Waals surface area contributed by atoms with Crippen LogP contribution in [0.4, 0.5) is 17.2 Å². The van der Waals surface area contributed by atoms with Crippen molar-refractivity contribution in [3.05, 3.63) is 51.7 Å². The van der Waals surface area contributed by atoms with Crippen LogP contribution < -0.4 is 11.1 Å². The van der Waals surface area contributed by atoms with Crippen molar-refractivity contribution in [3.8, 4) is 0 Å². The third-order valence-electron chi connectivity index (χ3n) is 2.81. The molecule has 0 atom stereocenters. The van der Waals surface area contributed by atoms with Crippen molar-refractivity contribution >= 4 is 60.0 Å². The van der Waals surface area contributed by atoms with Gasteiger partial charge in [-0.1, -0.05) is 12.1 Å². The van der Waals surface area contributed by atoms with Gasteiger partial charge in [-0.05, 0) is 50.1 Å². The first kappa shape index (κ1) is 13.3. The minimum atomic E-state index is 0.577. The standard InChI is InChI=1S/C14H10Br2N4/c15-9-4-8-2-1-3-12(13(8)18-6-9)20-14-11(17)5-10(16)7-19-14/h1-7H,17H2,(H,19,20). The minimum absolute atomic E-state index is 0.577. The Morgan fingerprint density at radius 2 is 1.75 bits per heavy atom. The predicted octanol–water partition coefficient (Wildman–Crippen LogP) is 4.48. The molecule has 3 aromatic rings. The van der Waals surface area contributed by atoms with Crippen LogP contribution in [-0.2, 0) is 0 Å². The first-order chi connectivity index (χ1) is 9.63. The molecule has 0 bridgehead atoms. The maximum absolute atomic E-state index is 5.95. The lowest BCUT2D eigenvalue weighted by Gasteiger charge is -2.10. The van der Waals surface area contributed by atoms with E-state index in [1.54, 1.807) is 12.4 Å². The van der Waals surface area contributed by atoms with E-state index in [9.17, 15) is 0 Å². The Hall–Kier alpha value is -1.66. The second-order valence-corrected chi connectivity index (χ2v) is 6.08. The van der Waals surface area contributed by atoms with Gasteiger partial charge in [-0.2, -0.15) is 0 Å². The molecule has 6 heteroatoms. The first-order valence-corrected chi connectivity index (χ1v) is 7.44. The molecule has 0 fully saturated rings. The fourth-order valence-corrected chi connectivity index (χ4v) is 2.62. The van der Waals surface area contributed by atoms with Gasteiger partial charge in [0.25, 0.3) is 0 Å². The van der Waals surface area contributed by atoms with Gasteiger partial charge in [-0.3, -0.25) is 4.98 Å². The van der Waals surface area contributed by atoms with Crippen LogP contribution in [0.25, 0.3) is 10.9 Å². The van der Waals surface area contributed by atoms with Gasteiger partial charge in [-0.25, -0.2) is 4.98 Å². The van der Waals surface area contributed by atoms with Gasteiger partial charge in [0.1, 0.15) is 0 Å². The SMILES string of the molecule is Nc1cc(Br)cnc1Nc1cccc2cc(Br)cnc12. The summed E-state index contributed by atoms with van der Waals surface area (Å²) in [6.07, 6.45) is 3.47. The summed E-state index contributed by atoms with van der Waals surface area (Å²) in [7, 11) is 0. The van der Waals surface area contributed by atoms with Crippen LogP contribution in [0.2, 0.25) is 0 Å². The molecular formula is C14H10Br2N4. The van der Waals surface area contributed by atoms with Crippen molar-refractivity contribution in [3.63, 3.8) is 0 Å². The van der Waals surface area contributed by atoms with Crippen molar-refractivity contribution in [2.24, 2.45) is 0 Å². The number of nitrogens with one attached hydrogen (secondary N) is 1. The Balaban J connectivity index is 2.06. The zero-order valence-electron chi connectivity index (χ0n) is 10.3. The number of nitrogen functional groups attached to an aromatic ring is 1. The third-order valence-corrected chi connectivity index (χ3v) is 3.68. The van der Waals surface area contributed by atoms with E-state index in [4.69, 9.17) is 5.73 Å². The van der Waals surface area contributed by atoms with Crippen LogP contribution in [0.5, 0.6) is 0 Å². The highest BCUT2D eigenvalue weighted by molar-refractivity contribution is 9.10. The number of benzene rings is 1. The van der Waals surface area contributed by atoms with E-state index in [1.165, 1.54) is 0 Å². The largest absolute Gasteiger partial charge is 0.396 e. The number of halogens is 2. The number of fused-ring (bicyclic) bond motifs is 1. The van der Waals surface area contributed by atoms with Crippen molar-refractivity contribution in [1.29, 1.82) is 0 Å². The summed E-state index contributed by atoms with van der Waals surface area (Å²) in [5.41, 5.74) is 8.28. The lowest BCUT2D eigenvalue weighted by Crippen LogP contribution is -2.00. The Morgan fingerprint density at radius 3 is 2.55 bits per heavy atom. The molecule has 20 heavy (non-hydrogen) atoms. The normalized spacial score (nSPS) is 10.7. The van der Waals surface area contributed by atoms with Crippen LogP contribution in [0, 0.1) is 0 Å². The molecule has 0 saturated heterocycles. The molecule has 1 aromatic carbocycles. The maximum atomic E-state index is 5.95. The number of anilines is 3. The molecule has 2 heterocycles. The average Bonchev–Trinajstić information content (AvgIpc) is 2.41. The summed E-state index contributed by atoms with van der Waals surface area (Å²) in [6, 6.07) is 9.76. The number of aromatic nitrogens is 2. The number of rotatable bonds is 2. The Labute approximate surface area is 132 Å². The van der Waals surface area contributed by atoms with Crippen molar-refractivity contribution in [2.75, 3.05) is 11.1 Å². The molecule has 4 nitrogen and oxygen atoms in total. The molecule has 3 rings (SSSR count). The summed E-state index contributed by atoms with van der Waals surface area (Å²) in [6.45, 7) is 0. The molecular weight excluding hydrogens is 384 g/mol. The summed E-state index contributed by atoms with van der Waals surface area (Å²) >= 11 is 6.76. The smallest absolute Gasteiger partial charge is 0.153 e. The maximum Gasteiger partial charge on any atom is 0.153 e. The fraction of sp³-hybridized carbons (Fsp3) is 0. The molecule has 0 amide bonds. The molecule has 3 N–H and O–H groups in total. The minimum Gasteiger partial charge on any atom is -0.396 e. The van der Waals surface area contributed by atoms with Gasteiger partial charge in [0.05, 0.1) is 16.9 Å². The van der Waals surface area contributed by atoms with Crippen LogP contribution in [-0.4, -0.2) is 9.97 Å². The lowest BCUT2D eigenvalue weighted by atomic mass is 10.2. The molecule has 0 saturated carbocycles. The predicted molar refractivity (Wildman–Crippen MR) is 89.1 cm³/mol. The summed E-state index contributed by atoms with van der Waals surface area (Å²) in [4.78, 5) is 8.71. The van der Waals surface area contributed by atoms with E-state index >= 15 is 0 Å². The van der Waals surface area contributed by atoms with Crippen LogP contribution >= 0.6 is 31.9 Å². The van der Waals surface area contributed by atoms with Crippen molar-refractivity contribution in [1.82, 2.24) is 9.97 Å². The molecule has 0 aliphatic heterocycles. The lowest BCUT2D eigenvalue weighted by molar-refractivity contribution is 1.29.